The molecule has 0 saturated carbocycles. The molecule has 0 bridgehead atoms. The Bertz CT molecular complexity index is 176. The molecule has 1 heterocycles. The van der Waals surface area contributed by atoms with Gasteiger partial charge in [-0.3, -0.25) is 4.99 Å². The van der Waals surface area contributed by atoms with Gasteiger partial charge in [-0.1, -0.05) is 0 Å². The molecule has 0 unspecified atom stereocenters. The Labute approximate surface area is 62.4 Å². The highest BCUT2D eigenvalue weighted by atomic mass is 32.2. The van der Waals surface area contributed by atoms with E-state index in [1.807, 2.05) is 0 Å². The molecule has 1 aliphatic heterocycles. The van der Waals surface area contributed by atoms with E-state index < -0.39 is 6.09 Å². The van der Waals surface area contributed by atoms with E-state index in [-0.39, 0.29) is 0 Å². The highest BCUT2D eigenvalue weighted by Gasteiger charge is 2.09. The van der Waals surface area contributed by atoms with Gasteiger partial charge in [0.25, 0.3) is 0 Å². The van der Waals surface area contributed by atoms with Crippen LogP contribution in [0.3, 0.4) is 0 Å². The zero-order valence-electron chi connectivity index (χ0n) is 5.10. The standard InChI is InChI=1S/C5H6N2O2S/c8-5(9)7-3-1-6-2-4-10-7/h1-2,4H,3H2,(H,8,9). The summed E-state index contributed by atoms with van der Waals surface area (Å²) < 4.78 is 1.19. The number of nitrogens with zero attached hydrogens (tertiary/aromatic N) is 2. The maximum atomic E-state index is 10.3. The fraction of sp³-hybridized carbons (Fsp3) is 0.200. The van der Waals surface area contributed by atoms with Gasteiger partial charge >= 0.3 is 6.09 Å². The molecule has 4 nitrogen and oxygen atoms in total. The summed E-state index contributed by atoms with van der Waals surface area (Å²) in [6.45, 7) is 0.340. The normalized spacial score (nSPS) is 17.0. The average molecular weight is 158 g/mol. The van der Waals surface area contributed by atoms with Crippen molar-refractivity contribution in [1.82, 2.24) is 4.31 Å². The molecule has 54 valence electrons. The number of hydrogen-bond acceptors (Lipinski definition) is 3. The first-order valence-corrected chi connectivity index (χ1v) is 3.48. The molecule has 1 aliphatic rings. The van der Waals surface area contributed by atoms with Crippen LogP contribution >= 0.6 is 11.9 Å². The van der Waals surface area contributed by atoms with E-state index in [9.17, 15) is 4.79 Å². The SMILES string of the molecule is O=C(O)N1CC=NC=CS1. The third-order valence-corrected chi connectivity index (χ3v) is 1.70. The predicted octanol–water partition coefficient (Wildman–Crippen LogP) is 1.17. The minimum absolute atomic E-state index is 0.340. The van der Waals surface area contributed by atoms with Crippen molar-refractivity contribution in [3.8, 4) is 0 Å². The summed E-state index contributed by atoms with van der Waals surface area (Å²) in [6.07, 6.45) is 2.17. The van der Waals surface area contributed by atoms with E-state index >= 15 is 0 Å². The molecule has 0 saturated heterocycles. The predicted molar refractivity (Wildman–Crippen MR) is 40.0 cm³/mol. The van der Waals surface area contributed by atoms with Crippen LogP contribution in [0.15, 0.2) is 16.6 Å². The third kappa shape index (κ3) is 1.77. The van der Waals surface area contributed by atoms with Crippen LogP contribution in [-0.4, -0.2) is 28.3 Å². The second kappa shape index (κ2) is 3.26. The first-order valence-electron chi connectivity index (χ1n) is 2.64. The molecule has 5 heteroatoms. The summed E-state index contributed by atoms with van der Waals surface area (Å²) in [7, 11) is 0. The van der Waals surface area contributed by atoms with E-state index in [0.29, 0.717) is 6.54 Å². The lowest BCUT2D eigenvalue weighted by atomic mass is 10.7. The first-order chi connectivity index (χ1) is 4.80. The molecule has 0 aromatic carbocycles. The largest absolute Gasteiger partial charge is 0.464 e. The van der Waals surface area contributed by atoms with Gasteiger partial charge in [0, 0.05) is 17.8 Å². The van der Waals surface area contributed by atoms with Gasteiger partial charge in [-0.05, 0) is 11.9 Å². The maximum absolute atomic E-state index is 10.3. The molecular formula is C5H6N2O2S. The monoisotopic (exact) mass is 158 g/mol. The molecular weight excluding hydrogens is 152 g/mol. The molecule has 1 amide bonds. The van der Waals surface area contributed by atoms with E-state index in [4.69, 9.17) is 5.11 Å². The van der Waals surface area contributed by atoms with Crippen LogP contribution in [0.5, 0.6) is 0 Å². The number of carbonyl (C=O) groups is 1. The zero-order valence-corrected chi connectivity index (χ0v) is 5.91. The summed E-state index contributed by atoms with van der Waals surface area (Å²) in [6, 6.07) is 0. The summed E-state index contributed by atoms with van der Waals surface area (Å²) >= 11 is 1.12. The van der Waals surface area contributed by atoms with Gasteiger partial charge < -0.3 is 5.11 Å². The minimum Gasteiger partial charge on any atom is -0.464 e. The zero-order chi connectivity index (χ0) is 7.40. The Kier molecular flexibility index (Phi) is 2.33. The quantitative estimate of drug-likeness (QED) is 0.538. The van der Waals surface area contributed by atoms with Gasteiger partial charge in [-0.15, -0.1) is 0 Å². The highest BCUT2D eigenvalue weighted by molar-refractivity contribution is 8.00. The summed E-state index contributed by atoms with van der Waals surface area (Å²) in [5.74, 6) is 0. The van der Waals surface area contributed by atoms with Crippen LogP contribution in [0.25, 0.3) is 0 Å². The Morgan fingerprint density at radius 1 is 1.80 bits per heavy atom. The van der Waals surface area contributed by atoms with Crippen LogP contribution in [0, 0.1) is 0 Å². The van der Waals surface area contributed by atoms with E-state index in [2.05, 4.69) is 4.99 Å². The van der Waals surface area contributed by atoms with Crippen molar-refractivity contribution < 1.29 is 9.90 Å². The maximum Gasteiger partial charge on any atom is 0.418 e. The van der Waals surface area contributed by atoms with Gasteiger partial charge in [0.15, 0.2) is 0 Å². The molecule has 1 rings (SSSR count). The van der Waals surface area contributed by atoms with Crippen molar-refractivity contribution in [3.05, 3.63) is 11.6 Å². The number of aliphatic imine (C=N–C) groups is 1. The van der Waals surface area contributed by atoms with Crippen molar-refractivity contribution in [1.29, 1.82) is 0 Å². The molecule has 0 aromatic heterocycles. The van der Waals surface area contributed by atoms with Crippen LogP contribution in [0.4, 0.5) is 4.79 Å². The third-order valence-electron chi connectivity index (χ3n) is 0.901. The molecule has 1 N–H and O–H groups in total. The molecule has 0 aliphatic carbocycles. The number of rotatable bonds is 0. The Morgan fingerprint density at radius 3 is 3.30 bits per heavy atom. The lowest BCUT2D eigenvalue weighted by Gasteiger charge is -2.10. The van der Waals surface area contributed by atoms with Crippen LogP contribution in [0.1, 0.15) is 0 Å². The number of amides is 1. The summed E-state index contributed by atoms with van der Waals surface area (Å²) in [5.41, 5.74) is 0. The van der Waals surface area contributed by atoms with Gasteiger partial charge in [-0.2, -0.15) is 0 Å². The van der Waals surface area contributed by atoms with E-state index in [1.165, 1.54) is 4.31 Å². The lowest BCUT2D eigenvalue weighted by molar-refractivity contribution is 0.179. The van der Waals surface area contributed by atoms with Crippen molar-refractivity contribution in [3.63, 3.8) is 0 Å². The van der Waals surface area contributed by atoms with Crippen LogP contribution in [-0.2, 0) is 0 Å². The fourth-order valence-electron chi connectivity index (χ4n) is 0.484. The number of hydrogen-bond donors (Lipinski definition) is 1. The van der Waals surface area contributed by atoms with Crippen LogP contribution < -0.4 is 0 Å². The highest BCUT2D eigenvalue weighted by Crippen LogP contribution is 2.11. The molecule has 0 atom stereocenters. The van der Waals surface area contributed by atoms with Gasteiger partial charge in [0.1, 0.15) is 0 Å². The second-order valence-electron chi connectivity index (χ2n) is 1.57. The Morgan fingerprint density at radius 2 is 2.60 bits per heavy atom. The smallest absolute Gasteiger partial charge is 0.418 e. The fourth-order valence-corrected chi connectivity index (χ4v) is 0.999. The first kappa shape index (κ1) is 7.14. The summed E-state index contributed by atoms with van der Waals surface area (Å²) in [5, 5.41) is 10.1. The van der Waals surface area contributed by atoms with E-state index in [0.717, 1.165) is 11.9 Å². The van der Waals surface area contributed by atoms with Crippen molar-refractivity contribution >= 4 is 24.3 Å². The summed E-state index contributed by atoms with van der Waals surface area (Å²) in [4.78, 5) is 14.1. The van der Waals surface area contributed by atoms with Gasteiger partial charge in [-0.25, -0.2) is 9.10 Å². The van der Waals surface area contributed by atoms with Crippen molar-refractivity contribution in [2.75, 3.05) is 6.54 Å². The van der Waals surface area contributed by atoms with E-state index in [1.54, 1.807) is 17.8 Å². The molecule has 0 radical (unpaired) electrons. The van der Waals surface area contributed by atoms with Crippen molar-refractivity contribution in [2.24, 2.45) is 4.99 Å². The lowest BCUT2D eigenvalue weighted by Crippen LogP contribution is -2.22. The molecule has 0 fully saturated rings. The Hall–Kier alpha value is -0.970. The second-order valence-corrected chi connectivity index (χ2v) is 2.49. The molecule has 10 heavy (non-hydrogen) atoms. The molecule has 0 spiro atoms. The van der Waals surface area contributed by atoms with Crippen LogP contribution in [0.2, 0.25) is 0 Å². The number of carboxylic acid groups (broad SMARTS) is 1. The van der Waals surface area contributed by atoms with Gasteiger partial charge in [0.2, 0.25) is 0 Å². The molecule has 0 aromatic rings. The average Bonchev–Trinajstić information content (AvgIpc) is 2.12. The topological polar surface area (TPSA) is 52.9 Å². The minimum atomic E-state index is -0.942. The Balaban J connectivity index is 2.55. The van der Waals surface area contributed by atoms with Gasteiger partial charge in [0.05, 0.1) is 6.54 Å². The van der Waals surface area contributed by atoms with Crippen molar-refractivity contribution in [2.45, 2.75) is 0 Å².